The predicted molar refractivity (Wildman–Crippen MR) is 112 cm³/mol. The molecule has 2 heterocycles. The zero-order valence-corrected chi connectivity index (χ0v) is 17.0. The average molecular weight is 462 g/mol. The van der Waals surface area contributed by atoms with E-state index in [-0.39, 0.29) is 24.2 Å². The smallest absolute Gasteiger partial charge is 0.368 e. The molecular weight excluding hydrogens is 444 g/mol. The first-order chi connectivity index (χ1) is 15.5. The molecule has 1 aliphatic rings. The topological polar surface area (TPSA) is 127 Å². The van der Waals surface area contributed by atoms with Crippen molar-refractivity contribution in [1.82, 2.24) is 9.97 Å². The van der Waals surface area contributed by atoms with Crippen molar-refractivity contribution in [3.8, 4) is 0 Å². The second kappa shape index (κ2) is 7.96. The molecule has 0 spiro atoms. The van der Waals surface area contributed by atoms with Crippen LogP contribution >= 0.6 is 0 Å². The summed E-state index contributed by atoms with van der Waals surface area (Å²) in [7, 11) is 0. The summed E-state index contributed by atoms with van der Waals surface area (Å²) in [4.78, 5) is 34.4. The van der Waals surface area contributed by atoms with Crippen LogP contribution in [0.15, 0.2) is 42.9 Å². The van der Waals surface area contributed by atoms with E-state index in [1.807, 2.05) is 0 Å². The Bertz CT molecular complexity index is 1270. The van der Waals surface area contributed by atoms with E-state index in [0.717, 1.165) is 6.07 Å². The summed E-state index contributed by atoms with van der Waals surface area (Å²) in [6.45, 7) is 0.382. The minimum atomic E-state index is -4.91. The van der Waals surface area contributed by atoms with Gasteiger partial charge in [-0.2, -0.15) is 13.2 Å². The monoisotopic (exact) mass is 462 g/mol. The van der Waals surface area contributed by atoms with Crippen LogP contribution in [0.4, 0.5) is 28.9 Å². The van der Waals surface area contributed by atoms with Crippen LogP contribution in [0.2, 0.25) is 0 Å². The van der Waals surface area contributed by atoms with Crippen LogP contribution < -0.4 is 21.7 Å². The number of nitrogens with zero attached hydrogens (tertiary/aromatic N) is 3. The third-order valence-electron chi connectivity index (χ3n) is 5.54. The minimum absolute atomic E-state index is 0.0338. The molecule has 0 bridgehead atoms. The Labute approximate surface area is 184 Å². The lowest BCUT2D eigenvalue weighted by molar-refractivity contribution is -0.140. The lowest BCUT2D eigenvalue weighted by Gasteiger charge is -2.25. The summed E-state index contributed by atoms with van der Waals surface area (Å²) < 4.78 is 52.4. The summed E-state index contributed by atoms with van der Waals surface area (Å²) in [5, 5.41) is 2.89. The molecule has 1 aromatic heterocycles. The van der Waals surface area contributed by atoms with E-state index in [9.17, 15) is 27.2 Å². The van der Waals surface area contributed by atoms with Crippen LogP contribution in [-0.2, 0) is 11.0 Å². The number of rotatable bonds is 4. The maximum Gasteiger partial charge on any atom is 0.419 e. The summed E-state index contributed by atoms with van der Waals surface area (Å²) >= 11 is 0. The van der Waals surface area contributed by atoms with Crippen molar-refractivity contribution in [2.75, 3.05) is 23.3 Å². The molecule has 12 heteroatoms. The number of halogens is 4. The second-order valence-electron chi connectivity index (χ2n) is 7.76. The van der Waals surface area contributed by atoms with Crippen LogP contribution in [-0.4, -0.2) is 40.4 Å². The fraction of sp³-hybridized carbons (Fsp3) is 0.238. The molecular formula is C21H18F4N6O2. The molecule has 4 rings (SSSR count). The highest BCUT2D eigenvalue weighted by molar-refractivity contribution is 6.08. The number of hydrogen-bond acceptors (Lipinski definition) is 6. The first-order valence-electron chi connectivity index (χ1n) is 9.74. The number of carbonyl (C=O) groups excluding carboxylic acids is 2. The average Bonchev–Trinajstić information content (AvgIpc) is 3.16. The minimum Gasteiger partial charge on any atom is -0.368 e. The summed E-state index contributed by atoms with van der Waals surface area (Å²) in [6.07, 6.45) is -1.92. The molecule has 1 fully saturated rings. The van der Waals surface area contributed by atoms with Gasteiger partial charge >= 0.3 is 6.18 Å². The molecule has 2 aromatic carbocycles. The molecule has 0 radical (unpaired) electrons. The highest BCUT2D eigenvalue weighted by atomic mass is 19.4. The number of fused-ring (bicyclic) bond motifs is 1. The number of aromatic nitrogens is 2. The zero-order valence-electron chi connectivity index (χ0n) is 17.0. The Hall–Kier alpha value is -3.80. The Balaban J connectivity index is 1.58. The fourth-order valence-corrected chi connectivity index (χ4v) is 3.84. The van der Waals surface area contributed by atoms with E-state index in [4.69, 9.17) is 11.5 Å². The van der Waals surface area contributed by atoms with Crippen LogP contribution in [0.3, 0.4) is 0 Å². The van der Waals surface area contributed by atoms with Crippen LogP contribution in [0.25, 0.3) is 10.9 Å². The maximum absolute atomic E-state index is 13.5. The molecule has 1 atom stereocenters. The van der Waals surface area contributed by atoms with Crippen molar-refractivity contribution in [3.63, 3.8) is 0 Å². The number of nitrogens with one attached hydrogen (secondary N) is 1. The molecule has 0 saturated carbocycles. The molecule has 0 unspecified atom stereocenters. The maximum atomic E-state index is 13.5. The predicted octanol–water partition coefficient (Wildman–Crippen LogP) is 2.43. The number of carbonyl (C=O) groups is 2. The van der Waals surface area contributed by atoms with Crippen molar-refractivity contribution >= 4 is 34.1 Å². The number of benzene rings is 2. The second-order valence-corrected chi connectivity index (χ2v) is 7.76. The van der Waals surface area contributed by atoms with Crippen molar-refractivity contribution in [3.05, 3.63) is 59.8 Å². The largest absolute Gasteiger partial charge is 0.419 e. The van der Waals surface area contributed by atoms with Gasteiger partial charge in [0.25, 0.3) is 5.91 Å². The molecule has 8 nitrogen and oxygen atoms in total. The molecule has 0 aliphatic carbocycles. The Kier molecular flexibility index (Phi) is 5.40. The lowest BCUT2D eigenvalue weighted by Crippen LogP contribution is -2.53. The van der Waals surface area contributed by atoms with Gasteiger partial charge in [-0.05, 0) is 36.8 Å². The van der Waals surface area contributed by atoms with Crippen molar-refractivity contribution in [1.29, 1.82) is 0 Å². The fourth-order valence-electron chi connectivity index (χ4n) is 3.84. The Morgan fingerprint density at radius 2 is 1.94 bits per heavy atom. The van der Waals surface area contributed by atoms with Gasteiger partial charge in [-0.1, -0.05) is 0 Å². The lowest BCUT2D eigenvalue weighted by atomic mass is 9.98. The van der Waals surface area contributed by atoms with Crippen molar-refractivity contribution in [2.24, 2.45) is 11.5 Å². The van der Waals surface area contributed by atoms with Crippen molar-refractivity contribution in [2.45, 2.75) is 18.1 Å². The Morgan fingerprint density at radius 1 is 1.18 bits per heavy atom. The number of anilines is 2. The van der Waals surface area contributed by atoms with Gasteiger partial charge in [0, 0.05) is 36.0 Å². The quantitative estimate of drug-likeness (QED) is 0.511. The van der Waals surface area contributed by atoms with Gasteiger partial charge in [0.2, 0.25) is 5.91 Å². The molecule has 5 N–H and O–H groups in total. The van der Waals surface area contributed by atoms with Gasteiger partial charge < -0.3 is 21.7 Å². The normalized spacial score (nSPS) is 18.5. The van der Waals surface area contributed by atoms with Crippen LogP contribution in [0.5, 0.6) is 0 Å². The van der Waals surface area contributed by atoms with E-state index < -0.39 is 34.9 Å². The molecule has 33 heavy (non-hydrogen) atoms. The van der Waals surface area contributed by atoms with E-state index in [1.165, 1.54) is 18.6 Å². The number of alkyl halides is 3. The summed E-state index contributed by atoms with van der Waals surface area (Å²) in [5.74, 6) is -2.81. The van der Waals surface area contributed by atoms with Gasteiger partial charge in [0.15, 0.2) is 0 Å². The highest BCUT2D eigenvalue weighted by Crippen LogP contribution is 2.35. The van der Waals surface area contributed by atoms with Gasteiger partial charge in [-0.15, -0.1) is 0 Å². The van der Waals surface area contributed by atoms with Gasteiger partial charge in [0.1, 0.15) is 17.7 Å². The van der Waals surface area contributed by atoms with Crippen LogP contribution in [0.1, 0.15) is 22.3 Å². The van der Waals surface area contributed by atoms with Gasteiger partial charge in [-0.3, -0.25) is 9.59 Å². The van der Waals surface area contributed by atoms with E-state index in [1.54, 1.807) is 11.0 Å². The first kappa shape index (κ1) is 22.4. The Morgan fingerprint density at radius 3 is 2.64 bits per heavy atom. The van der Waals surface area contributed by atoms with E-state index >= 15 is 0 Å². The third kappa shape index (κ3) is 4.16. The zero-order chi connectivity index (χ0) is 24.0. The van der Waals surface area contributed by atoms with Crippen LogP contribution in [0, 0.1) is 5.82 Å². The third-order valence-corrected chi connectivity index (χ3v) is 5.54. The SMILES string of the molecule is NC(=O)c1ccc(N2CC[C@@](N)(C(=O)Nc3ccc(F)c(C(F)(F)F)c3)C2)c2cncnc12. The van der Waals surface area contributed by atoms with E-state index in [2.05, 4.69) is 15.3 Å². The van der Waals surface area contributed by atoms with Crippen molar-refractivity contribution < 1.29 is 27.2 Å². The number of hydrogen-bond donors (Lipinski definition) is 3. The summed E-state index contributed by atoms with van der Waals surface area (Å²) in [6, 6.07) is 5.35. The standard InChI is InChI=1S/C21H18F4N6O2/c22-15-3-1-11(7-14(15)21(23,24)25)30-19(33)20(27)5-6-31(9-20)16-4-2-12(18(26)32)17-13(16)8-28-10-29-17/h1-4,7-8,10H,5-6,9,27H2,(H2,26,32)(H,30,33)/t20-/m0/s1. The van der Waals surface area contributed by atoms with Gasteiger partial charge in [-0.25, -0.2) is 14.4 Å². The molecule has 1 saturated heterocycles. The number of amides is 2. The molecule has 3 aromatic rings. The molecule has 2 amide bonds. The summed E-state index contributed by atoms with van der Waals surface area (Å²) in [5.41, 5.74) is 9.75. The highest BCUT2D eigenvalue weighted by Gasteiger charge is 2.42. The molecule has 172 valence electrons. The number of primary amides is 1. The first-order valence-corrected chi connectivity index (χ1v) is 9.74. The molecule has 1 aliphatic heterocycles. The van der Waals surface area contributed by atoms with Gasteiger partial charge in [0.05, 0.1) is 16.6 Å². The van der Waals surface area contributed by atoms with E-state index in [0.29, 0.717) is 35.3 Å². The number of nitrogens with two attached hydrogens (primary N) is 2.